The second-order valence-corrected chi connectivity index (χ2v) is 4.23. The topological polar surface area (TPSA) is 39.2 Å². The third kappa shape index (κ3) is 2.76. The summed E-state index contributed by atoms with van der Waals surface area (Å²) < 4.78 is 5.68. The maximum absolute atomic E-state index is 6.17. The molecule has 1 atom stereocenters. The molecule has 2 nitrogen and oxygen atoms in total. The molecule has 0 unspecified atom stereocenters. The van der Waals surface area contributed by atoms with E-state index in [2.05, 4.69) is 6.92 Å². The van der Waals surface area contributed by atoms with Crippen LogP contribution in [0.1, 0.15) is 50.2 Å². The Morgan fingerprint density at radius 2 is 2.07 bits per heavy atom. The highest BCUT2D eigenvalue weighted by Gasteiger charge is 2.25. The van der Waals surface area contributed by atoms with Crippen molar-refractivity contribution < 1.29 is 4.42 Å². The monoisotopic (exact) mass is 229 g/mol. The van der Waals surface area contributed by atoms with Crippen molar-refractivity contribution in [3.05, 3.63) is 23.7 Å². The Hall–Kier alpha value is -0.470. The Labute approximate surface area is 97.6 Å². The van der Waals surface area contributed by atoms with Gasteiger partial charge in [0.2, 0.25) is 0 Å². The van der Waals surface area contributed by atoms with Gasteiger partial charge >= 0.3 is 0 Å². The van der Waals surface area contributed by atoms with Gasteiger partial charge in [0.05, 0.1) is 6.04 Å². The fourth-order valence-corrected chi connectivity index (χ4v) is 2.31. The maximum atomic E-state index is 6.17. The minimum absolute atomic E-state index is 0. The minimum atomic E-state index is 0. The Morgan fingerprint density at radius 3 is 2.60 bits per heavy atom. The van der Waals surface area contributed by atoms with Crippen LogP contribution in [-0.2, 0) is 6.42 Å². The number of rotatable bonds is 3. The molecule has 86 valence electrons. The van der Waals surface area contributed by atoms with Gasteiger partial charge in [-0.1, -0.05) is 19.8 Å². The van der Waals surface area contributed by atoms with Gasteiger partial charge in [0.15, 0.2) is 0 Å². The first-order valence-electron chi connectivity index (χ1n) is 5.65. The number of aryl methyl sites for hydroxylation is 1. The Balaban J connectivity index is 0.00000112. The summed E-state index contributed by atoms with van der Waals surface area (Å²) in [5.74, 6) is 2.67. The van der Waals surface area contributed by atoms with E-state index < -0.39 is 0 Å². The number of hydrogen-bond donors (Lipinski definition) is 1. The van der Waals surface area contributed by atoms with Crippen LogP contribution in [0.25, 0.3) is 0 Å². The van der Waals surface area contributed by atoms with Crippen molar-refractivity contribution in [2.24, 2.45) is 11.7 Å². The first-order valence-corrected chi connectivity index (χ1v) is 5.65. The Morgan fingerprint density at radius 1 is 1.40 bits per heavy atom. The van der Waals surface area contributed by atoms with Crippen LogP contribution < -0.4 is 5.73 Å². The predicted octanol–water partition coefficient (Wildman–Crippen LogP) is 3.45. The quantitative estimate of drug-likeness (QED) is 0.862. The average Bonchev–Trinajstić information content (AvgIpc) is 2.88. The molecule has 2 N–H and O–H groups in total. The first kappa shape index (κ1) is 12.6. The third-order valence-electron chi connectivity index (χ3n) is 3.27. The van der Waals surface area contributed by atoms with Crippen LogP contribution in [0.15, 0.2) is 16.5 Å². The fraction of sp³-hybridized carbons (Fsp3) is 0.667. The largest absolute Gasteiger partial charge is 0.464 e. The zero-order valence-corrected chi connectivity index (χ0v) is 10.1. The molecule has 2 rings (SSSR count). The van der Waals surface area contributed by atoms with Gasteiger partial charge < -0.3 is 10.2 Å². The number of halogens is 1. The van der Waals surface area contributed by atoms with Gasteiger partial charge in [-0.2, -0.15) is 0 Å². The molecule has 1 saturated carbocycles. The van der Waals surface area contributed by atoms with Gasteiger partial charge in [0, 0.05) is 6.42 Å². The summed E-state index contributed by atoms with van der Waals surface area (Å²) >= 11 is 0. The average molecular weight is 230 g/mol. The normalized spacial score (nSPS) is 18.8. The van der Waals surface area contributed by atoms with Crippen LogP contribution >= 0.6 is 12.4 Å². The molecule has 1 fully saturated rings. The van der Waals surface area contributed by atoms with E-state index in [0.29, 0.717) is 5.92 Å². The van der Waals surface area contributed by atoms with E-state index in [4.69, 9.17) is 10.2 Å². The minimum Gasteiger partial charge on any atom is -0.464 e. The molecule has 0 radical (unpaired) electrons. The summed E-state index contributed by atoms with van der Waals surface area (Å²) in [6, 6.07) is 4.21. The summed E-state index contributed by atoms with van der Waals surface area (Å²) in [6.07, 6.45) is 6.16. The van der Waals surface area contributed by atoms with Crippen molar-refractivity contribution >= 4 is 12.4 Å². The van der Waals surface area contributed by atoms with E-state index >= 15 is 0 Å². The lowest BCUT2D eigenvalue weighted by Crippen LogP contribution is -2.18. The highest BCUT2D eigenvalue weighted by atomic mass is 35.5. The van der Waals surface area contributed by atoms with E-state index in [1.807, 2.05) is 12.1 Å². The zero-order valence-electron chi connectivity index (χ0n) is 9.24. The molecule has 0 saturated heterocycles. The third-order valence-corrected chi connectivity index (χ3v) is 3.27. The van der Waals surface area contributed by atoms with E-state index in [1.54, 1.807) is 0 Å². The van der Waals surface area contributed by atoms with Crippen molar-refractivity contribution in [1.82, 2.24) is 0 Å². The SMILES string of the molecule is CCc1ccc([C@H](N)C2CCCC2)o1.Cl. The van der Waals surface area contributed by atoms with E-state index in [0.717, 1.165) is 17.9 Å². The molecule has 15 heavy (non-hydrogen) atoms. The molecule has 1 aromatic rings. The van der Waals surface area contributed by atoms with E-state index in [9.17, 15) is 0 Å². The van der Waals surface area contributed by atoms with Crippen LogP contribution in [0.3, 0.4) is 0 Å². The predicted molar refractivity (Wildman–Crippen MR) is 64.2 cm³/mol. The van der Waals surface area contributed by atoms with Crippen LogP contribution in [0.4, 0.5) is 0 Å². The van der Waals surface area contributed by atoms with Gasteiger partial charge in [-0.25, -0.2) is 0 Å². The summed E-state index contributed by atoms with van der Waals surface area (Å²) in [7, 11) is 0. The second kappa shape index (κ2) is 5.57. The summed E-state index contributed by atoms with van der Waals surface area (Å²) in [4.78, 5) is 0. The zero-order chi connectivity index (χ0) is 9.97. The molecule has 1 aliphatic rings. The van der Waals surface area contributed by atoms with Gasteiger partial charge in [-0.15, -0.1) is 12.4 Å². The van der Waals surface area contributed by atoms with Gasteiger partial charge in [0.25, 0.3) is 0 Å². The molecular formula is C12H20ClNO. The molecule has 0 aliphatic heterocycles. The number of furan rings is 1. The smallest absolute Gasteiger partial charge is 0.121 e. The summed E-state index contributed by atoms with van der Waals surface area (Å²) in [5, 5.41) is 0. The van der Waals surface area contributed by atoms with Crippen LogP contribution in [-0.4, -0.2) is 0 Å². The molecule has 0 bridgehead atoms. The standard InChI is InChI=1S/C12H19NO.ClH/c1-2-10-7-8-11(14-10)12(13)9-5-3-4-6-9;/h7-9,12H,2-6,13H2,1H3;1H/t12-;/m1./s1. The molecular weight excluding hydrogens is 210 g/mol. The van der Waals surface area contributed by atoms with Crippen molar-refractivity contribution in [3.63, 3.8) is 0 Å². The number of hydrogen-bond acceptors (Lipinski definition) is 2. The molecule has 1 heterocycles. The summed E-state index contributed by atoms with van der Waals surface area (Å²) in [5.41, 5.74) is 6.17. The molecule has 0 aromatic carbocycles. The van der Waals surface area contributed by atoms with Gasteiger partial charge in [-0.05, 0) is 30.9 Å². The lowest BCUT2D eigenvalue weighted by molar-refractivity contribution is 0.358. The lowest BCUT2D eigenvalue weighted by atomic mass is 9.97. The number of nitrogens with two attached hydrogens (primary N) is 1. The second-order valence-electron chi connectivity index (χ2n) is 4.23. The first-order chi connectivity index (χ1) is 6.81. The van der Waals surface area contributed by atoms with Crippen LogP contribution in [0.5, 0.6) is 0 Å². The lowest BCUT2D eigenvalue weighted by Gasteiger charge is -2.15. The van der Waals surface area contributed by atoms with Crippen molar-refractivity contribution in [2.45, 2.75) is 45.1 Å². The van der Waals surface area contributed by atoms with E-state index in [1.165, 1.54) is 25.7 Å². The van der Waals surface area contributed by atoms with Crippen molar-refractivity contribution in [3.8, 4) is 0 Å². The summed E-state index contributed by atoms with van der Waals surface area (Å²) in [6.45, 7) is 2.10. The highest BCUT2D eigenvalue weighted by molar-refractivity contribution is 5.85. The molecule has 0 spiro atoms. The fourth-order valence-electron chi connectivity index (χ4n) is 2.31. The van der Waals surface area contributed by atoms with Crippen molar-refractivity contribution in [1.29, 1.82) is 0 Å². The van der Waals surface area contributed by atoms with Gasteiger partial charge in [-0.3, -0.25) is 0 Å². The molecule has 0 amide bonds. The van der Waals surface area contributed by atoms with Gasteiger partial charge in [0.1, 0.15) is 11.5 Å². The van der Waals surface area contributed by atoms with Crippen LogP contribution in [0.2, 0.25) is 0 Å². The van der Waals surface area contributed by atoms with E-state index in [-0.39, 0.29) is 18.4 Å². The molecule has 1 aliphatic carbocycles. The highest BCUT2D eigenvalue weighted by Crippen LogP contribution is 2.34. The molecule has 3 heteroatoms. The Bertz CT molecular complexity index is 292. The Kier molecular flexibility index (Phi) is 4.68. The molecule has 1 aromatic heterocycles. The maximum Gasteiger partial charge on any atom is 0.121 e. The van der Waals surface area contributed by atoms with Crippen molar-refractivity contribution in [2.75, 3.05) is 0 Å². The van der Waals surface area contributed by atoms with Crippen LogP contribution in [0, 0.1) is 5.92 Å².